The Hall–Kier alpha value is -3.03. The Bertz CT molecular complexity index is 856. The summed E-state index contributed by atoms with van der Waals surface area (Å²) in [7, 11) is 0. The molecule has 0 saturated carbocycles. The Morgan fingerprint density at radius 3 is 2.52 bits per heavy atom. The van der Waals surface area contributed by atoms with Gasteiger partial charge in [-0.05, 0) is 26.8 Å². The first-order valence-electron chi connectivity index (χ1n) is 8.87. The summed E-state index contributed by atoms with van der Waals surface area (Å²) >= 11 is 0. The molecule has 1 aliphatic rings. The molecule has 2 heterocycles. The molecule has 0 N–H and O–H groups in total. The second-order valence-electron chi connectivity index (χ2n) is 6.76. The number of aromatic nitrogens is 2. The topological polar surface area (TPSA) is 98.5 Å². The lowest BCUT2D eigenvalue weighted by Crippen LogP contribution is -2.41. The third-order valence-electron chi connectivity index (χ3n) is 4.61. The van der Waals surface area contributed by atoms with E-state index in [0.717, 1.165) is 5.69 Å². The molecule has 0 unspecified atom stereocenters. The molecule has 0 bridgehead atoms. The molecule has 1 fully saturated rings. The normalized spacial score (nSPS) is 14.9. The number of aryl methyl sites for hydroxylation is 3. The van der Waals surface area contributed by atoms with Crippen LogP contribution in [0.25, 0.3) is 0 Å². The van der Waals surface area contributed by atoms with Crippen LogP contribution in [0.2, 0.25) is 0 Å². The third-order valence-corrected chi connectivity index (χ3v) is 4.61. The zero-order valence-corrected chi connectivity index (χ0v) is 15.6. The molecule has 1 amide bonds. The van der Waals surface area contributed by atoms with Crippen LogP contribution in [0.1, 0.15) is 40.3 Å². The number of ether oxygens (including phenoxy) is 1. The standard InChI is InChI=1S/C19H22N4O4/c1-12-4-5-15(11-17(12)23(25)26)19(24)22-8-6-16(7-9-22)27-18-10-13(2)20-14(3)21-18/h4-5,10-11,16H,6-9H2,1-3H3. The Balaban J connectivity index is 1.62. The predicted molar refractivity (Wildman–Crippen MR) is 98.9 cm³/mol. The minimum atomic E-state index is -0.460. The maximum atomic E-state index is 12.7. The number of hydrogen-bond donors (Lipinski definition) is 0. The number of piperidine rings is 1. The van der Waals surface area contributed by atoms with E-state index in [1.165, 1.54) is 6.07 Å². The molecule has 0 atom stereocenters. The molecule has 0 spiro atoms. The highest BCUT2D eigenvalue weighted by Gasteiger charge is 2.26. The lowest BCUT2D eigenvalue weighted by molar-refractivity contribution is -0.385. The van der Waals surface area contributed by atoms with Gasteiger partial charge in [-0.25, -0.2) is 4.98 Å². The van der Waals surface area contributed by atoms with Crippen LogP contribution < -0.4 is 4.74 Å². The minimum absolute atomic E-state index is 0.0184. The van der Waals surface area contributed by atoms with Crippen molar-refractivity contribution in [2.45, 2.75) is 39.7 Å². The lowest BCUT2D eigenvalue weighted by Gasteiger charge is -2.32. The summed E-state index contributed by atoms with van der Waals surface area (Å²) in [5, 5.41) is 11.1. The maximum absolute atomic E-state index is 12.7. The quantitative estimate of drug-likeness (QED) is 0.606. The van der Waals surface area contributed by atoms with Crippen molar-refractivity contribution >= 4 is 11.6 Å². The second kappa shape index (κ2) is 7.69. The van der Waals surface area contributed by atoms with Crippen molar-refractivity contribution < 1.29 is 14.5 Å². The number of carbonyl (C=O) groups excluding carboxylic acids is 1. The molecular formula is C19H22N4O4. The molecule has 142 valence electrons. The average Bonchev–Trinajstić information content (AvgIpc) is 2.61. The van der Waals surface area contributed by atoms with E-state index in [1.54, 1.807) is 30.0 Å². The van der Waals surface area contributed by atoms with E-state index in [4.69, 9.17) is 4.74 Å². The van der Waals surface area contributed by atoms with Crippen LogP contribution in [0.5, 0.6) is 5.88 Å². The maximum Gasteiger partial charge on any atom is 0.273 e. The summed E-state index contributed by atoms with van der Waals surface area (Å²) in [5.74, 6) is 1.03. The molecule has 2 aromatic rings. The van der Waals surface area contributed by atoms with E-state index in [9.17, 15) is 14.9 Å². The van der Waals surface area contributed by atoms with Crippen molar-refractivity contribution in [2.75, 3.05) is 13.1 Å². The number of rotatable bonds is 4. The number of nitrogens with zero attached hydrogens (tertiary/aromatic N) is 4. The van der Waals surface area contributed by atoms with Gasteiger partial charge in [0.1, 0.15) is 11.9 Å². The van der Waals surface area contributed by atoms with E-state index in [2.05, 4.69) is 9.97 Å². The minimum Gasteiger partial charge on any atom is -0.474 e. The van der Waals surface area contributed by atoms with E-state index in [1.807, 2.05) is 13.8 Å². The summed E-state index contributed by atoms with van der Waals surface area (Å²) < 4.78 is 5.94. The fourth-order valence-electron chi connectivity index (χ4n) is 3.21. The van der Waals surface area contributed by atoms with Crippen LogP contribution >= 0.6 is 0 Å². The Kier molecular flexibility index (Phi) is 5.34. The number of likely N-dealkylation sites (tertiary alicyclic amines) is 1. The predicted octanol–water partition coefficient (Wildman–Crippen LogP) is 2.99. The van der Waals surface area contributed by atoms with Crippen LogP contribution in [-0.4, -0.2) is 44.9 Å². The van der Waals surface area contributed by atoms with Crippen LogP contribution in [0.15, 0.2) is 24.3 Å². The summed E-state index contributed by atoms with van der Waals surface area (Å²) in [6, 6.07) is 6.41. The van der Waals surface area contributed by atoms with E-state index in [-0.39, 0.29) is 17.7 Å². The average molecular weight is 370 g/mol. The van der Waals surface area contributed by atoms with Gasteiger partial charge in [-0.2, -0.15) is 4.98 Å². The van der Waals surface area contributed by atoms with Crippen LogP contribution in [0.4, 0.5) is 5.69 Å². The number of nitro benzene ring substituents is 1. The summed E-state index contributed by atoms with van der Waals surface area (Å²) in [6.45, 7) is 6.44. The molecule has 3 rings (SSSR count). The smallest absolute Gasteiger partial charge is 0.273 e. The number of benzene rings is 1. The Morgan fingerprint density at radius 2 is 1.89 bits per heavy atom. The van der Waals surface area contributed by atoms with Gasteiger partial charge in [-0.15, -0.1) is 0 Å². The van der Waals surface area contributed by atoms with Gasteiger partial charge >= 0.3 is 0 Å². The van der Waals surface area contributed by atoms with Crippen LogP contribution in [0, 0.1) is 30.9 Å². The SMILES string of the molecule is Cc1cc(OC2CCN(C(=O)c3ccc(C)c([N+](=O)[O-])c3)CC2)nc(C)n1. The van der Waals surface area contributed by atoms with Gasteiger partial charge in [0, 0.05) is 54.9 Å². The number of nitro groups is 1. The largest absolute Gasteiger partial charge is 0.474 e. The van der Waals surface area contributed by atoms with Crippen molar-refractivity contribution in [1.82, 2.24) is 14.9 Å². The number of amides is 1. The fraction of sp³-hybridized carbons (Fsp3) is 0.421. The number of hydrogen-bond acceptors (Lipinski definition) is 6. The van der Waals surface area contributed by atoms with Crippen molar-refractivity contribution in [3.63, 3.8) is 0 Å². The molecule has 0 radical (unpaired) electrons. The highest BCUT2D eigenvalue weighted by molar-refractivity contribution is 5.95. The highest BCUT2D eigenvalue weighted by Crippen LogP contribution is 2.23. The third kappa shape index (κ3) is 4.39. The van der Waals surface area contributed by atoms with E-state index < -0.39 is 4.92 Å². The lowest BCUT2D eigenvalue weighted by atomic mass is 10.0. The first kappa shape index (κ1) is 18.8. The van der Waals surface area contributed by atoms with Crippen molar-refractivity contribution in [3.8, 4) is 5.88 Å². The van der Waals surface area contributed by atoms with Crippen LogP contribution in [-0.2, 0) is 0 Å². The van der Waals surface area contributed by atoms with Crippen molar-refractivity contribution in [3.05, 3.63) is 57.0 Å². The van der Waals surface area contributed by atoms with Gasteiger partial charge in [0.2, 0.25) is 5.88 Å². The van der Waals surface area contributed by atoms with Crippen molar-refractivity contribution in [1.29, 1.82) is 0 Å². The molecule has 8 heteroatoms. The molecule has 1 aromatic carbocycles. The van der Waals surface area contributed by atoms with Crippen LogP contribution in [0.3, 0.4) is 0 Å². The number of carbonyl (C=O) groups is 1. The van der Waals surface area contributed by atoms with Gasteiger partial charge in [0.05, 0.1) is 4.92 Å². The first-order chi connectivity index (χ1) is 12.8. The zero-order chi connectivity index (χ0) is 19.6. The molecule has 1 aromatic heterocycles. The van der Waals surface area contributed by atoms with Gasteiger partial charge in [0.15, 0.2) is 0 Å². The molecular weight excluding hydrogens is 348 g/mol. The highest BCUT2D eigenvalue weighted by atomic mass is 16.6. The van der Waals surface area contributed by atoms with Gasteiger partial charge in [-0.3, -0.25) is 14.9 Å². The first-order valence-corrected chi connectivity index (χ1v) is 8.87. The molecule has 0 aliphatic carbocycles. The molecule has 8 nitrogen and oxygen atoms in total. The van der Waals surface area contributed by atoms with Gasteiger partial charge in [-0.1, -0.05) is 6.07 Å². The summed E-state index contributed by atoms with van der Waals surface area (Å²) in [5.41, 5.74) is 1.70. The zero-order valence-electron chi connectivity index (χ0n) is 15.6. The molecule has 1 saturated heterocycles. The Morgan fingerprint density at radius 1 is 1.19 bits per heavy atom. The fourth-order valence-corrected chi connectivity index (χ4v) is 3.21. The Labute approximate surface area is 157 Å². The van der Waals surface area contributed by atoms with E-state index in [0.29, 0.717) is 48.8 Å². The van der Waals surface area contributed by atoms with Crippen molar-refractivity contribution in [2.24, 2.45) is 0 Å². The summed E-state index contributed by atoms with van der Waals surface area (Å²) in [4.78, 5) is 33.5. The molecule has 1 aliphatic heterocycles. The monoisotopic (exact) mass is 370 g/mol. The summed E-state index contributed by atoms with van der Waals surface area (Å²) in [6.07, 6.45) is 1.35. The molecule has 27 heavy (non-hydrogen) atoms. The van der Waals surface area contributed by atoms with Gasteiger partial charge in [0.25, 0.3) is 11.6 Å². The van der Waals surface area contributed by atoms with E-state index >= 15 is 0 Å². The second-order valence-corrected chi connectivity index (χ2v) is 6.76. The van der Waals surface area contributed by atoms with Gasteiger partial charge < -0.3 is 9.64 Å².